The number of hydrogen-bond acceptors (Lipinski definition) is 3. The van der Waals surface area contributed by atoms with E-state index in [4.69, 9.17) is 10.00 Å². The normalized spacial score (nSPS) is 9.90. The van der Waals surface area contributed by atoms with Crippen molar-refractivity contribution in [2.75, 3.05) is 19.8 Å². The number of urea groups is 1. The van der Waals surface area contributed by atoms with Gasteiger partial charge in [-0.2, -0.15) is 5.26 Å². The van der Waals surface area contributed by atoms with Crippen LogP contribution in [0.5, 0.6) is 0 Å². The third-order valence-corrected chi connectivity index (χ3v) is 2.90. The fourth-order valence-corrected chi connectivity index (χ4v) is 1.72. The molecule has 0 fully saturated rings. The van der Waals surface area contributed by atoms with Crippen molar-refractivity contribution in [2.45, 2.75) is 32.7 Å². The summed E-state index contributed by atoms with van der Waals surface area (Å²) < 4.78 is 5.41. The zero-order valence-corrected chi connectivity index (χ0v) is 12.5. The molecule has 1 aromatic rings. The van der Waals surface area contributed by atoms with E-state index in [1.165, 1.54) is 0 Å². The van der Waals surface area contributed by atoms with Crippen molar-refractivity contribution in [3.8, 4) is 6.07 Å². The molecule has 0 aromatic heterocycles. The lowest BCUT2D eigenvalue weighted by molar-refractivity contribution is 0.129. The van der Waals surface area contributed by atoms with Crippen LogP contribution in [0.2, 0.25) is 0 Å². The number of nitriles is 1. The minimum Gasteiger partial charge on any atom is -0.381 e. The molecule has 0 spiro atoms. The lowest BCUT2D eigenvalue weighted by Crippen LogP contribution is -2.35. The summed E-state index contributed by atoms with van der Waals surface area (Å²) in [5.74, 6) is 0. The molecule has 2 N–H and O–H groups in total. The average Bonchev–Trinajstić information content (AvgIpc) is 2.52. The van der Waals surface area contributed by atoms with Gasteiger partial charge in [0.05, 0.1) is 11.6 Å². The van der Waals surface area contributed by atoms with Crippen LogP contribution in [0.4, 0.5) is 4.79 Å². The molecule has 0 bridgehead atoms. The predicted octanol–water partition coefficient (Wildman–Crippen LogP) is 2.56. The van der Waals surface area contributed by atoms with Crippen molar-refractivity contribution in [1.29, 1.82) is 5.26 Å². The van der Waals surface area contributed by atoms with Gasteiger partial charge >= 0.3 is 6.03 Å². The Balaban J connectivity index is 2.10. The highest BCUT2D eigenvalue weighted by atomic mass is 16.5. The highest BCUT2D eigenvalue weighted by Crippen LogP contribution is 2.03. The van der Waals surface area contributed by atoms with Gasteiger partial charge in [0.1, 0.15) is 0 Å². The van der Waals surface area contributed by atoms with Crippen molar-refractivity contribution >= 4 is 6.03 Å². The van der Waals surface area contributed by atoms with Gasteiger partial charge in [-0.3, -0.25) is 0 Å². The Morgan fingerprint density at radius 1 is 1.29 bits per heavy atom. The van der Waals surface area contributed by atoms with Crippen LogP contribution in [0.15, 0.2) is 24.3 Å². The van der Waals surface area contributed by atoms with E-state index in [9.17, 15) is 4.79 Å². The molecule has 2 amide bonds. The van der Waals surface area contributed by atoms with Crippen molar-refractivity contribution < 1.29 is 9.53 Å². The van der Waals surface area contributed by atoms with Crippen LogP contribution >= 0.6 is 0 Å². The van der Waals surface area contributed by atoms with Crippen LogP contribution in [0.3, 0.4) is 0 Å². The minimum atomic E-state index is -0.203. The van der Waals surface area contributed by atoms with E-state index in [0.717, 1.165) is 31.4 Å². The summed E-state index contributed by atoms with van der Waals surface area (Å²) in [5, 5.41) is 14.3. The number of carbonyl (C=O) groups excluding carboxylic acids is 1. The number of nitrogens with zero attached hydrogens (tertiary/aromatic N) is 1. The molecule has 0 saturated heterocycles. The first-order chi connectivity index (χ1) is 10.3. The van der Waals surface area contributed by atoms with Gasteiger partial charge in [-0.05, 0) is 30.5 Å². The maximum atomic E-state index is 11.6. The molecule has 114 valence electrons. The molecule has 0 aliphatic carbocycles. The Morgan fingerprint density at radius 2 is 2.10 bits per heavy atom. The standard InChI is InChI=1S/C16H23N3O2/c1-2-3-9-21-10-5-8-18-16(20)19-13-15-7-4-6-14(11-15)12-17/h4,6-7,11H,2-3,5,8-10,13H2,1H3,(H2,18,19,20). The third kappa shape index (κ3) is 7.95. The zero-order valence-electron chi connectivity index (χ0n) is 12.5. The first-order valence-electron chi connectivity index (χ1n) is 7.34. The Bertz CT molecular complexity index is 469. The van der Waals surface area contributed by atoms with E-state index in [1.54, 1.807) is 18.2 Å². The molecule has 1 aromatic carbocycles. The van der Waals surface area contributed by atoms with Crippen LogP contribution in [0.1, 0.15) is 37.3 Å². The summed E-state index contributed by atoms with van der Waals surface area (Å²) in [6, 6.07) is 9.06. The van der Waals surface area contributed by atoms with Crippen LogP contribution in [0.25, 0.3) is 0 Å². The van der Waals surface area contributed by atoms with Crippen molar-refractivity contribution in [1.82, 2.24) is 10.6 Å². The molecular formula is C16H23N3O2. The second-order valence-electron chi connectivity index (χ2n) is 4.74. The molecule has 0 aliphatic heterocycles. The highest BCUT2D eigenvalue weighted by Gasteiger charge is 2.00. The van der Waals surface area contributed by atoms with Crippen molar-refractivity contribution in [2.24, 2.45) is 0 Å². The summed E-state index contributed by atoms with van der Waals surface area (Å²) >= 11 is 0. The van der Waals surface area contributed by atoms with Gasteiger partial charge in [-0.1, -0.05) is 25.5 Å². The summed E-state index contributed by atoms with van der Waals surface area (Å²) in [5.41, 5.74) is 1.51. The summed E-state index contributed by atoms with van der Waals surface area (Å²) in [6.45, 7) is 4.59. The largest absolute Gasteiger partial charge is 0.381 e. The molecule has 0 radical (unpaired) electrons. The second-order valence-corrected chi connectivity index (χ2v) is 4.74. The molecule has 0 atom stereocenters. The van der Waals surface area contributed by atoms with E-state index in [-0.39, 0.29) is 6.03 Å². The predicted molar refractivity (Wildman–Crippen MR) is 81.7 cm³/mol. The number of nitrogens with one attached hydrogen (secondary N) is 2. The van der Waals surface area contributed by atoms with E-state index in [1.807, 2.05) is 6.07 Å². The Kier molecular flexibility index (Phi) is 8.65. The van der Waals surface area contributed by atoms with Crippen molar-refractivity contribution in [3.05, 3.63) is 35.4 Å². The van der Waals surface area contributed by atoms with E-state index in [0.29, 0.717) is 25.3 Å². The van der Waals surface area contributed by atoms with Gasteiger partial charge in [-0.15, -0.1) is 0 Å². The number of amides is 2. The summed E-state index contributed by atoms with van der Waals surface area (Å²) in [6.07, 6.45) is 3.02. The number of rotatable bonds is 9. The number of benzene rings is 1. The van der Waals surface area contributed by atoms with Crippen LogP contribution in [-0.2, 0) is 11.3 Å². The van der Waals surface area contributed by atoms with Crippen LogP contribution < -0.4 is 10.6 Å². The molecule has 1 rings (SSSR count). The van der Waals surface area contributed by atoms with Crippen LogP contribution in [0, 0.1) is 11.3 Å². The molecule has 5 nitrogen and oxygen atoms in total. The number of carbonyl (C=O) groups is 1. The molecular weight excluding hydrogens is 266 g/mol. The van der Waals surface area contributed by atoms with E-state index < -0.39 is 0 Å². The van der Waals surface area contributed by atoms with Crippen molar-refractivity contribution in [3.63, 3.8) is 0 Å². The highest BCUT2D eigenvalue weighted by molar-refractivity contribution is 5.73. The molecule has 21 heavy (non-hydrogen) atoms. The van der Waals surface area contributed by atoms with Gasteiger partial charge in [0, 0.05) is 26.3 Å². The monoisotopic (exact) mass is 289 g/mol. The van der Waals surface area contributed by atoms with Crippen LogP contribution in [-0.4, -0.2) is 25.8 Å². The van der Waals surface area contributed by atoms with E-state index in [2.05, 4.69) is 23.6 Å². The minimum absolute atomic E-state index is 0.203. The molecule has 5 heteroatoms. The Morgan fingerprint density at radius 3 is 2.86 bits per heavy atom. The second kappa shape index (κ2) is 10.7. The summed E-state index contributed by atoms with van der Waals surface area (Å²) in [7, 11) is 0. The molecule has 0 saturated carbocycles. The first-order valence-corrected chi connectivity index (χ1v) is 7.34. The van der Waals surface area contributed by atoms with Gasteiger partial charge in [0.2, 0.25) is 0 Å². The average molecular weight is 289 g/mol. The van der Waals surface area contributed by atoms with Gasteiger partial charge < -0.3 is 15.4 Å². The SMILES string of the molecule is CCCCOCCCNC(=O)NCc1cccc(C#N)c1. The lowest BCUT2D eigenvalue weighted by atomic mass is 10.1. The molecule has 0 heterocycles. The van der Waals surface area contributed by atoms with E-state index >= 15 is 0 Å². The number of ether oxygens (including phenoxy) is 1. The number of unbranched alkanes of at least 4 members (excludes halogenated alkanes) is 1. The molecule has 0 aliphatic rings. The maximum absolute atomic E-state index is 11.6. The topological polar surface area (TPSA) is 74.2 Å². The van der Waals surface area contributed by atoms with Gasteiger partial charge in [-0.25, -0.2) is 4.79 Å². The van der Waals surface area contributed by atoms with Gasteiger partial charge in [0.15, 0.2) is 0 Å². The zero-order chi connectivity index (χ0) is 15.3. The fraction of sp³-hybridized carbons (Fsp3) is 0.500. The maximum Gasteiger partial charge on any atom is 0.315 e. The first kappa shape index (κ1) is 17.0. The Labute approximate surface area is 126 Å². The smallest absolute Gasteiger partial charge is 0.315 e. The lowest BCUT2D eigenvalue weighted by Gasteiger charge is -2.08. The molecule has 0 unspecified atom stereocenters. The Hall–Kier alpha value is -2.06. The third-order valence-electron chi connectivity index (χ3n) is 2.90. The quantitative estimate of drug-likeness (QED) is 0.686. The van der Waals surface area contributed by atoms with Gasteiger partial charge in [0.25, 0.3) is 0 Å². The number of hydrogen-bond donors (Lipinski definition) is 2. The fourth-order valence-electron chi connectivity index (χ4n) is 1.72. The summed E-state index contributed by atoms with van der Waals surface area (Å²) in [4.78, 5) is 11.6.